The van der Waals surface area contributed by atoms with Gasteiger partial charge < -0.3 is 0 Å². The van der Waals surface area contributed by atoms with E-state index in [9.17, 15) is 0 Å². The van der Waals surface area contributed by atoms with Crippen LogP contribution in [0.5, 0.6) is 0 Å². The van der Waals surface area contributed by atoms with Gasteiger partial charge in [-0.3, -0.25) is 10.4 Å². The lowest BCUT2D eigenvalue weighted by molar-refractivity contribution is 0.586. The first kappa shape index (κ1) is 17.4. The Kier molecular flexibility index (Phi) is 6.09. The molecule has 0 saturated carbocycles. The van der Waals surface area contributed by atoms with Crippen molar-refractivity contribution in [2.24, 2.45) is 0 Å². The van der Waals surface area contributed by atoms with Gasteiger partial charge in [0.1, 0.15) is 0 Å². The van der Waals surface area contributed by atoms with E-state index >= 15 is 0 Å². The summed E-state index contributed by atoms with van der Waals surface area (Å²) < 4.78 is 0. The molecule has 0 aliphatic heterocycles. The average molecular weight is 310 g/mol. The number of benzene rings is 2. The van der Waals surface area contributed by atoms with Crippen LogP contribution in [-0.4, -0.2) is 6.54 Å². The monoisotopic (exact) mass is 310 g/mol. The highest BCUT2D eigenvalue weighted by atomic mass is 15.5. The summed E-state index contributed by atoms with van der Waals surface area (Å²) in [5.41, 5.74) is 7.51. The Morgan fingerprint density at radius 2 is 1.52 bits per heavy atom. The van der Waals surface area contributed by atoms with Crippen molar-refractivity contribution in [2.75, 3.05) is 17.0 Å². The number of hydrogen-bond donors (Lipinski definition) is 1. The predicted molar refractivity (Wildman–Crippen MR) is 102 cm³/mol. The first-order chi connectivity index (χ1) is 11.0. The number of nitrogens with one attached hydrogen (secondary N) is 1. The van der Waals surface area contributed by atoms with E-state index in [1.165, 1.54) is 30.5 Å². The summed E-state index contributed by atoms with van der Waals surface area (Å²) in [5, 5.41) is 2.31. The van der Waals surface area contributed by atoms with Gasteiger partial charge in [0.15, 0.2) is 0 Å². The minimum atomic E-state index is 0.123. The molecular formula is C21H30N2. The van der Waals surface area contributed by atoms with Crippen LogP contribution in [0.1, 0.15) is 52.5 Å². The quantitative estimate of drug-likeness (QED) is 0.498. The Morgan fingerprint density at radius 1 is 0.870 bits per heavy atom. The molecule has 23 heavy (non-hydrogen) atoms. The molecule has 0 aliphatic rings. The number of rotatable bonds is 7. The van der Waals surface area contributed by atoms with Gasteiger partial charge in [-0.25, -0.2) is 0 Å². The van der Waals surface area contributed by atoms with Crippen LogP contribution in [-0.2, 0) is 5.41 Å². The molecule has 0 bridgehead atoms. The third kappa shape index (κ3) is 5.02. The van der Waals surface area contributed by atoms with Gasteiger partial charge >= 0.3 is 0 Å². The van der Waals surface area contributed by atoms with E-state index in [1.54, 1.807) is 0 Å². The van der Waals surface area contributed by atoms with E-state index in [1.807, 2.05) is 0 Å². The van der Waals surface area contributed by atoms with Gasteiger partial charge in [0.25, 0.3) is 0 Å². The maximum atomic E-state index is 3.60. The molecule has 2 aromatic carbocycles. The fourth-order valence-electron chi connectivity index (χ4n) is 2.77. The molecule has 0 fully saturated rings. The maximum Gasteiger partial charge on any atom is 0.0609 e. The Balaban J connectivity index is 2.30. The van der Waals surface area contributed by atoms with Crippen LogP contribution in [0.2, 0.25) is 0 Å². The number of para-hydroxylation sites is 2. The molecule has 124 valence electrons. The standard InChI is InChI=1S/C21H30N2/c1-5-6-12-17-23(22-18-13-8-7-9-14-18)20-16-11-10-15-19(20)21(2,3)4/h7-11,13-16,22H,5-6,12,17H2,1-4H3. The van der Waals surface area contributed by atoms with Crippen LogP contribution in [0.15, 0.2) is 54.6 Å². The minimum Gasteiger partial charge on any atom is -0.298 e. The van der Waals surface area contributed by atoms with Crippen molar-refractivity contribution in [2.45, 2.75) is 52.4 Å². The van der Waals surface area contributed by atoms with Crippen molar-refractivity contribution >= 4 is 11.4 Å². The van der Waals surface area contributed by atoms with Crippen molar-refractivity contribution < 1.29 is 0 Å². The molecule has 0 amide bonds. The third-order valence-electron chi connectivity index (χ3n) is 4.03. The predicted octanol–water partition coefficient (Wildman–Crippen LogP) is 6.01. The topological polar surface area (TPSA) is 15.3 Å². The van der Waals surface area contributed by atoms with Gasteiger partial charge in [0.2, 0.25) is 0 Å². The van der Waals surface area contributed by atoms with Crippen LogP contribution < -0.4 is 10.4 Å². The van der Waals surface area contributed by atoms with Crippen molar-refractivity contribution in [1.29, 1.82) is 0 Å². The van der Waals surface area contributed by atoms with Gasteiger partial charge in [-0.05, 0) is 35.6 Å². The fraction of sp³-hybridized carbons (Fsp3) is 0.429. The van der Waals surface area contributed by atoms with Gasteiger partial charge in [-0.2, -0.15) is 0 Å². The second-order valence-corrected chi connectivity index (χ2v) is 7.10. The summed E-state index contributed by atoms with van der Waals surface area (Å²) in [4.78, 5) is 0. The van der Waals surface area contributed by atoms with E-state index in [4.69, 9.17) is 0 Å². The molecule has 0 aliphatic carbocycles. The lowest BCUT2D eigenvalue weighted by atomic mass is 9.85. The highest BCUT2D eigenvalue weighted by Crippen LogP contribution is 2.32. The molecule has 0 unspecified atom stereocenters. The molecule has 2 nitrogen and oxygen atoms in total. The van der Waals surface area contributed by atoms with Crippen molar-refractivity contribution in [3.8, 4) is 0 Å². The molecule has 2 rings (SSSR count). The highest BCUT2D eigenvalue weighted by molar-refractivity contribution is 5.61. The van der Waals surface area contributed by atoms with Gasteiger partial charge in [-0.15, -0.1) is 0 Å². The molecular weight excluding hydrogens is 280 g/mol. The fourth-order valence-corrected chi connectivity index (χ4v) is 2.77. The summed E-state index contributed by atoms with van der Waals surface area (Å²) in [6.07, 6.45) is 3.68. The minimum absolute atomic E-state index is 0.123. The molecule has 0 spiro atoms. The first-order valence-corrected chi connectivity index (χ1v) is 8.71. The van der Waals surface area contributed by atoms with Crippen molar-refractivity contribution in [1.82, 2.24) is 0 Å². The molecule has 1 N–H and O–H groups in total. The van der Waals surface area contributed by atoms with Gasteiger partial charge in [-0.1, -0.05) is 76.9 Å². The number of anilines is 2. The summed E-state index contributed by atoms with van der Waals surface area (Å²) in [6, 6.07) is 19.2. The summed E-state index contributed by atoms with van der Waals surface area (Å²) in [5.74, 6) is 0. The van der Waals surface area contributed by atoms with Crippen LogP contribution in [0.4, 0.5) is 11.4 Å². The van der Waals surface area contributed by atoms with E-state index < -0.39 is 0 Å². The Bertz CT molecular complexity index is 584. The third-order valence-corrected chi connectivity index (χ3v) is 4.03. The molecule has 0 heterocycles. The van der Waals surface area contributed by atoms with E-state index in [-0.39, 0.29) is 5.41 Å². The molecule has 0 atom stereocenters. The summed E-state index contributed by atoms with van der Waals surface area (Å²) in [7, 11) is 0. The van der Waals surface area contributed by atoms with Crippen LogP contribution in [0.25, 0.3) is 0 Å². The first-order valence-electron chi connectivity index (χ1n) is 8.71. The largest absolute Gasteiger partial charge is 0.298 e. The SMILES string of the molecule is CCCCCN(Nc1ccccc1)c1ccccc1C(C)(C)C. The molecule has 0 aromatic heterocycles. The number of unbranched alkanes of at least 4 members (excludes halogenated alkanes) is 2. The molecule has 2 aromatic rings. The second-order valence-electron chi connectivity index (χ2n) is 7.10. The Morgan fingerprint density at radius 3 is 2.17 bits per heavy atom. The second kappa shape index (κ2) is 8.05. The number of hydrazine groups is 1. The van der Waals surface area contributed by atoms with Crippen LogP contribution in [0.3, 0.4) is 0 Å². The lowest BCUT2D eigenvalue weighted by Crippen LogP contribution is -2.33. The number of hydrogen-bond acceptors (Lipinski definition) is 2. The molecule has 2 heteroatoms. The molecule has 0 radical (unpaired) electrons. The van der Waals surface area contributed by atoms with Gasteiger partial charge in [0, 0.05) is 6.54 Å². The van der Waals surface area contributed by atoms with Crippen molar-refractivity contribution in [3.63, 3.8) is 0 Å². The normalized spacial score (nSPS) is 11.3. The summed E-state index contributed by atoms with van der Waals surface area (Å²) in [6.45, 7) is 10.1. The zero-order valence-corrected chi connectivity index (χ0v) is 15.0. The van der Waals surface area contributed by atoms with E-state index in [2.05, 4.69) is 92.7 Å². The van der Waals surface area contributed by atoms with Crippen LogP contribution in [0, 0.1) is 0 Å². The molecule has 0 saturated heterocycles. The summed E-state index contributed by atoms with van der Waals surface area (Å²) >= 11 is 0. The van der Waals surface area contributed by atoms with E-state index in [0.717, 1.165) is 12.2 Å². The smallest absolute Gasteiger partial charge is 0.0609 e. The van der Waals surface area contributed by atoms with Gasteiger partial charge in [0.05, 0.1) is 11.4 Å². The zero-order valence-electron chi connectivity index (χ0n) is 15.0. The maximum absolute atomic E-state index is 3.60. The van der Waals surface area contributed by atoms with Crippen molar-refractivity contribution in [3.05, 3.63) is 60.2 Å². The Hall–Kier alpha value is -1.96. The Labute approximate surface area is 141 Å². The van der Waals surface area contributed by atoms with Crippen LogP contribution >= 0.6 is 0 Å². The number of nitrogens with zero attached hydrogens (tertiary/aromatic N) is 1. The lowest BCUT2D eigenvalue weighted by Gasteiger charge is -2.32. The average Bonchev–Trinajstić information content (AvgIpc) is 2.54. The zero-order chi connectivity index (χ0) is 16.7. The highest BCUT2D eigenvalue weighted by Gasteiger charge is 2.20. The van der Waals surface area contributed by atoms with E-state index in [0.29, 0.717) is 0 Å².